The van der Waals surface area contributed by atoms with Gasteiger partial charge in [0, 0.05) is 26.2 Å². The van der Waals surface area contributed by atoms with Crippen LogP contribution in [0.1, 0.15) is 24.0 Å². The maximum atomic E-state index is 14.4. The molecule has 2 heterocycles. The average molecular weight is 348 g/mol. The summed E-state index contributed by atoms with van der Waals surface area (Å²) in [6.45, 7) is 6.99. The maximum Gasteiger partial charge on any atom is 0.146 e. The highest BCUT2D eigenvalue weighted by atomic mass is 19.1. The van der Waals surface area contributed by atoms with Crippen LogP contribution in [0.15, 0.2) is 34.7 Å². The molecular formula is C19H25FN2O3. The van der Waals surface area contributed by atoms with E-state index in [-0.39, 0.29) is 5.82 Å². The number of aryl methyl sites for hydroxylation is 1. The monoisotopic (exact) mass is 348 g/mol. The second-order valence-corrected chi connectivity index (χ2v) is 6.67. The summed E-state index contributed by atoms with van der Waals surface area (Å²) in [6.07, 6.45) is 0. The van der Waals surface area contributed by atoms with Crippen molar-refractivity contribution in [2.24, 2.45) is 0 Å². The lowest BCUT2D eigenvalue weighted by molar-refractivity contribution is 0.0332. The van der Waals surface area contributed by atoms with Crippen LogP contribution in [0.5, 0.6) is 0 Å². The van der Waals surface area contributed by atoms with Crippen LogP contribution in [0, 0.1) is 12.7 Å². The van der Waals surface area contributed by atoms with Crippen LogP contribution in [-0.4, -0.2) is 38.0 Å². The van der Waals surface area contributed by atoms with Crippen molar-refractivity contribution in [3.63, 3.8) is 0 Å². The van der Waals surface area contributed by atoms with E-state index in [1.165, 1.54) is 0 Å². The van der Waals surface area contributed by atoms with Gasteiger partial charge in [0.25, 0.3) is 0 Å². The van der Waals surface area contributed by atoms with E-state index in [0.29, 0.717) is 50.8 Å². The standard InChI is InChI=1S/C19H25FN2O3/c1-14-3-6-18(25-14)19(2,23)13-21-12-15-4-5-17(16(20)11-15)22-7-9-24-10-8-22/h3-6,11,21,23H,7-10,12-13H2,1-2H3. The number of nitrogens with one attached hydrogen (secondary N) is 1. The molecule has 0 aliphatic carbocycles. The van der Waals surface area contributed by atoms with E-state index in [0.717, 1.165) is 11.3 Å². The number of furan rings is 1. The van der Waals surface area contributed by atoms with Gasteiger partial charge < -0.3 is 24.5 Å². The molecule has 0 saturated carbocycles. The summed E-state index contributed by atoms with van der Waals surface area (Å²) < 4.78 is 25.2. The molecule has 1 saturated heterocycles. The summed E-state index contributed by atoms with van der Waals surface area (Å²) in [7, 11) is 0. The number of morpholine rings is 1. The van der Waals surface area contributed by atoms with Gasteiger partial charge in [-0.3, -0.25) is 0 Å². The van der Waals surface area contributed by atoms with Gasteiger partial charge in [0.1, 0.15) is 22.9 Å². The molecule has 25 heavy (non-hydrogen) atoms. The highest BCUT2D eigenvalue weighted by molar-refractivity contribution is 5.49. The van der Waals surface area contributed by atoms with Gasteiger partial charge in [0.15, 0.2) is 0 Å². The van der Waals surface area contributed by atoms with Gasteiger partial charge >= 0.3 is 0 Å². The largest absolute Gasteiger partial charge is 0.463 e. The van der Waals surface area contributed by atoms with Crippen molar-refractivity contribution in [2.45, 2.75) is 26.0 Å². The van der Waals surface area contributed by atoms with E-state index in [9.17, 15) is 9.50 Å². The van der Waals surface area contributed by atoms with Crippen molar-refractivity contribution in [1.29, 1.82) is 0 Å². The van der Waals surface area contributed by atoms with Gasteiger partial charge in [-0.15, -0.1) is 0 Å². The van der Waals surface area contributed by atoms with Crippen LogP contribution in [0.25, 0.3) is 0 Å². The summed E-state index contributed by atoms with van der Waals surface area (Å²) in [4.78, 5) is 2.00. The lowest BCUT2D eigenvalue weighted by Gasteiger charge is -2.29. The first-order valence-corrected chi connectivity index (χ1v) is 8.57. The number of nitrogens with zero attached hydrogens (tertiary/aromatic N) is 1. The van der Waals surface area contributed by atoms with E-state index in [2.05, 4.69) is 5.32 Å². The van der Waals surface area contributed by atoms with Crippen LogP contribution >= 0.6 is 0 Å². The molecule has 1 aromatic heterocycles. The number of aliphatic hydroxyl groups is 1. The first kappa shape index (κ1) is 17.9. The van der Waals surface area contributed by atoms with Gasteiger partial charge in [0.05, 0.1) is 18.9 Å². The zero-order chi connectivity index (χ0) is 17.9. The summed E-state index contributed by atoms with van der Waals surface area (Å²) in [5.41, 5.74) is 0.339. The number of hydrogen-bond donors (Lipinski definition) is 2. The Morgan fingerprint density at radius 1 is 1.24 bits per heavy atom. The molecule has 136 valence electrons. The summed E-state index contributed by atoms with van der Waals surface area (Å²) in [5, 5.41) is 13.7. The molecule has 2 N–H and O–H groups in total. The van der Waals surface area contributed by atoms with Crippen LogP contribution in [0.2, 0.25) is 0 Å². The van der Waals surface area contributed by atoms with Gasteiger partial charge in [0.2, 0.25) is 0 Å². The molecule has 3 rings (SSSR count). The Morgan fingerprint density at radius 3 is 2.64 bits per heavy atom. The van der Waals surface area contributed by atoms with E-state index in [1.807, 2.05) is 30.0 Å². The molecule has 5 nitrogen and oxygen atoms in total. The molecule has 1 atom stereocenters. The molecule has 1 unspecified atom stereocenters. The van der Waals surface area contributed by atoms with Crippen molar-refractivity contribution in [3.8, 4) is 0 Å². The summed E-state index contributed by atoms with van der Waals surface area (Å²) in [5.74, 6) is 1.05. The van der Waals surface area contributed by atoms with Crippen LogP contribution in [-0.2, 0) is 16.9 Å². The second kappa shape index (κ2) is 7.56. The molecule has 0 bridgehead atoms. The Hall–Kier alpha value is -1.89. The first-order valence-electron chi connectivity index (χ1n) is 8.57. The zero-order valence-electron chi connectivity index (χ0n) is 14.7. The number of hydrogen-bond acceptors (Lipinski definition) is 5. The predicted octanol–water partition coefficient (Wildman–Crippen LogP) is 2.56. The van der Waals surface area contributed by atoms with Crippen LogP contribution in [0.3, 0.4) is 0 Å². The molecule has 6 heteroatoms. The molecular weight excluding hydrogens is 323 g/mol. The Kier molecular flexibility index (Phi) is 5.42. The molecule has 0 radical (unpaired) electrons. The van der Waals surface area contributed by atoms with E-state index in [1.54, 1.807) is 19.1 Å². The first-order chi connectivity index (χ1) is 12.0. The quantitative estimate of drug-likeness (QED) is 0.840. The SMILES string of the molecule is Cc1ccc(C(C)(O)CNCc2ccc(N3CCOCC3)c(F)c2)o1. The van der Waals surface area contributed by atoms with Crippen molar-refractivity contribution < 1.29 is 18.7 Å². The van der Waals surface area contributed by atoms with Crippen molar-refractivity contribution in [2.75, 3.05) is 37.7 Å². The Balaban J connectivity index is 1.57. The lowest BCUT2D eigenvalue weighted by Crippen LogP contribution is -2.37. The predicted molar refractivity (Wildman–Crippen MR) is 94.2 cm³/mol. The number of benzene rings is 1. The van der Waals surface area contributed by atoms with Crippen molar-refractivity contribution in [1.82, 2.24) is 5.32 Å². The highest BCUT2D eigenvalue weighted by Gasteiger charge is 2.26. The molecule has 0 amide bonds. The van der Waals surface area contributed by atoms with Crippen LogP contribution < -0.4 is 10.2 Å². The minimum absolute atomic E-state index is 0.227. The Bertz CT molecular complexity index is 708. The van der Waals surface area contributed by atoms with E-state index < -0.39 is 5.60 Å². The number of halogens is 1. The Morgan fingerprint density at radius 2 is 2.00 bits per heavy atom. The fourth-order valence-electron chi connectivity index (χ4n) is 2.98. The number of anilines is 1. The van der Waals surface area contributed by atoms with Crippen LogP contribution in [0.4, 0.5) is 10.1 Å². The third kappa shape index (κ3) is 4.39. The van der Waals surface area contributed by atoms with E-state index in [4.69, 9.17) is 9.15 Å². The summed E-state index contributed by atoms with van der Waals surface area (Å²) >= 11 is 0. The van der Waals surface area contributed by atoms with Gasteiger partial charge in [-0.05, 0) is 43.7 Å². The van der Waals surface area contributed by atoms with Gasteiger partial charge in [-0.1, -0.05) is 6.07 Å². The number of rotatable bonds is 6. The average Bonchev–Trinajstić information content (AvgIpc) is 3.03. The lowest BCUT2D eigenvalue weighted by atomic mass is 10.0. The second-order valence-electron chi connectivity index (χ2n) is 6.67. The fraction of sp³-hybridized carbons (Fsp3) is 0.474. The molecule has 1 aliphatic rings. The van der Waals surface area contributed by atoms with Crippen molar-refractivity contribution >= 4 is 5.69 Å². The van der Waals surface area contributed by atoms with Crippen molar-refractivity contribution in [3.05, 3.63) is 53.2 Å². The molecule has 1 fully saturated rings. The minimum atomic E-state index is -1.11. The smallest absolute Gasteiger partial charge is 0.146 e. The Labute approximate surface area is 147 Å². The fourth-order valence-corrected chi connectivity index (χ4v) is 2.98. The molecule has 2 aromatic rings. The highest BCUT2D eigenvalue weighted by Crippen LogP contribution is 2.23. The molecule has 1 aliphatic heterocycles. The minimum Gasteiger partial charge on any atom is -0.463 e. The third-order valence-electron chi connectivity index (χ3n) is 4.43. The molecule has 0 spiro atoms. The maximum absolute atomic E-state index is 14.4. The summed E-state index contributed by atoms with van der Waals surface area (Å²) in [6, 6.07) is 8.86. The van der Waals surface area contributed by atoms with Gasteiger partial charge in [-0.2, -0.15) is 0 Å². The topological polar surface area (TPSA) is 57.9 Å². The molecule has 1 aromatic carbocycles. The normalized spacial score (nSPS) is 17.5. The zero-order valence-corrected chi connectivity index (χ0v) is 14.7. The van der Waals surface area contributed by atoms with E-state index >= 15 is 0 Å². The van der Waals surface area contributed by atoms with Gasteiger partial charge in [-0.25, -0.2) is 4.39 Å². The number of ether oxygens (including phenoxy) is 1. The third-order valence-corrected chi connectivity index (χ3v) is 4.43.